The molecule has 28 heavy (non-hydrogen) atoms. The molecule has 1 saturated carbocycles. The molecule has 0 radical (unpaired) electrons. The predicted octanol–water partition coefficient (Wildman–Crippen LogP) is 6.32. The highest BCUT2D eigenvalue weighted by molar-refractivity contribution is 9.10. The lowest BCUT2D eigenvalue weighted by atomic mass is 10.0. The molecule has 1 aliphatic rings. The summed E-state index contributed by atoms with van der Waals surface area (Å²) in [4.78, 5) is 15.4. The second-order valence-corrected chi connectivity index (χ2v) is 8.46. The number of fused-ring (bicyclic) bond motifs is 1. The van der Waals surface area contributed by atoms with Gasteiger partial charge in [0, 0.05) is 10.7 Å². The summed E-state index contributed by atoms with van der Waals surface area (Å²) in [6.07, 6.45) is 7.52. The number of benzene rings is 1. The lowest BCUT2D eigenvalue weighted by Gasteiger charge is -2.08. The number of aromatic amines is 1. The maximum absolute atomic E-state index is 12.3. The minimum atomic E-state index is -0.320. The Morgan fingerprint density at radius 3 is 2.82 bits per heavy atom. The lowest BCUT2D eigenvalue weighted by Crippen LogP contribution is -2.06. The number of carbonyl (C=O) groups is 1. The smallest absolute Gasteiger partial charge is 0.315 e. The SMILES string of the molecule is CCC(=CCC(=O)Oc1c[nH]c2ccc(Br)c(Cl)c12)CCC(CO)=C1CC1C. The summed E-state index contributed by atoms with van der Waals surface area (Å²) in [6.45, 7) is 4.41. The van der Waals surface area contributed by atoms with Crippen molar-refractivity contribution in [3.05, 3.63) is 50.6 Å². The summed E-state index contributed by atoms with van der Waals surface area (Å²) in [5.41, 5.74) is 4.59. The topological polar surface area (TPSA) is 62.3 Å². The Bertz CT molecular complexity index is 945. The van der Waals surface area contributed by atoms with Crippen LogP contribution < -0.4 is 4.74 Å². The van der Waals surface area contributed by atoms with Gasteiger partial charge in [0.05, 0.1) is 29.0 Å². The molecule has 0 bridgehead atoms. The summed E-state index contributed by atoms with van der Waals surface area (Å²) in [7, 11) is 0. The molecular weight excluding hydrogens is 442 g/mol. The summed E-state index contributed by atoms with van der Waals surface area (Å²) < 4.78 is 6.29. The number of esters is 1. The van der Waals surface area contributed by atoms with E-state index in [2.05, 4.69) is 34.8 Å². The number of carbonyl (C=O) groups excluding carboxylic acids is 1. The minimum Gasteiger partial charge on any atom is -0.424 e. The number of aliphatic hydroxyl groups is 1. The molecule has 1 aliphatic carbocycles. The van der Waals surface area contributed by atoms with Crippen molar-refractivity contribution in [3.63, 3.8) is 0 Å². The van der Waals surface area contributed by atoms with Gasteiger partial charge < -0.3 is 14.8 Å². The van der Waals surface area contributed by atoms with Crippen molar-refractivity contribution >= 4 is 44.4 Å². The molecule has 1 aromatic heterocycles. The van der Waals surface area contributed by atoms with Gasteiger partial charge in [0.15, 0.2) is 5.75 Å². The van der Waals surface area contributed by atoms with Gasteiger partial charge in [0.25, 0.3) is 0 Å². The van der Waals surface area contributed by atoms with E-state index in [0.717, 1.165) is 41.2 Å². The lowest BCUT2D eigenvalue weighted by molar-refractivity contribution is -0.133. The Balaban J connectivity index is 1.62. The van der Waals surface area contributed by atoms with Gasteiger partial charge in [0.2, 0.25) is 0 Å². The van der Waals surface area contributed by atoms with E-state index in [4.69, 9.17) is 16.3 Å². The average Bonchev–Trinajstić information content (AvgIpc) is 3.26. The Morgan fingerprint density at radius 2 is 2.18 bits per heavy atom. The van der Waals surface area contributed by atoms with E-state index in [9.17, 15) is 9.90 Å². The molecule has 3 rings (SSSR count). The monoisotopic (exact) mass is 465 g/mol. The van der Waals surface area contributed by atoms with Gasteiger partial charge in [-0.15, -0.1) is 0 Å². The van der Waals surface area contributed by atoms with Gasteiger partial charge in [0.1, 0.15) is 0 Å². The van der Waals surface area contributed by atoms with Gasteiger partial charge in [-0.25, -0.2) is 0 Å². The molecular formula is C22H25BrClNO3. The van der Waals surface area contributed by atoms with Gasteiger partial charge in [-0.1, -0.05) is 42.7 Å². The molecule has 1 aromatic carbocycles. The molecule has 0 amide bonds. The average molecular weight is 467 g/mol. The maximum atomic E-state index is 12.3. The number of aliphatic hydroxyl groups excluding tert-OH is 1. The van der Waals surface area contributed by atoms with E-state index >= 15 is 0 Å². The third-order valence-electron chi connectivity index (χ3n) is 5.29. The second-order valence-electron chi connectivity index (χ2n) is 7.22. The van der Waals surface area contributed by atoms with Crippen molar-refractivity contribution in [3.8, 4) is 5.75 Å². The largest absolute Gasteiger partial charge is 0.424 e. The van der Waals surface area contributed by atoms with Crippen molar-refractivity contribution in [1.82, 2.24) is 4.98 Å². The fourth-order valence-electron chi connectivity index (χ4n) is 3.44. The Hall–Kier alpha value is -1.56. The molecule has 1 fully saturated rings. The second kappa shape index (κ2) is 9.29. The fourth-order valence-corrected chi connectivity index (χ4v) is 4.03. The fraction of sp³-hybridized carbons (Fsp3) is 0.409. The molecule has 4 nitrogen and oxygen atoms in total. The van der Waals surface area contributed by atoms with E-state index < -0.39 is 0 Å². The number of halogens is 2. The van der Waals surface area contributed by atoms with E-state index in [1.54, 1.807) is 6.20 Å². The molecule has 1 unspecified atom stereocenters. The number of ether oxygens (including phenoxy) is 1. The van der Waals surface area contributed by atoms with Crippen LogP contribution in [-0.2, 0) is 4.79 Å². The van der Waals surface area contributed by atoms with E-state index in [1.807, 2.05) is 18.2 Å². The van der Waals surface area contributed by atoms with Crippen LogP contribution in [0.3, 0.4) is 0 Å². The molecule has 2 N–H and O–H groups in total. The van der Waals surface area contributed by atoms with Gasteiger partial charge in [-0.05, 0) is 65.2 Å². The van der Waals surface area contributed by atoms with Crippen LogP contribution in [0.15, 0.2) is 45.6 Å². The number of nitrogens with one attached hydrogen (secondary N) is 1. The van der Waals surface area contributed by atoms with Crippen molar-refractivity contribution in [1.29, 1.82) is 0 Å². The Kier molecular flexibility index (Phi) is 7.02. The first kappa shape index (κ1) is 21.2. The van der Waals surface area contributed by atoms with Crippen LogP contribution in [0.1, 0.15) is 46.0 Å². The first-order chi connectivity index (χ1) is 13.4. The first-order valence-corrected chi connectivity index (χ1v) is 10.8. The molecule has 0 spiro atoms. The third-order valence-corrected chi connectivity index (χ3v) is 6.57. The van der Waals surface area contributed by atoms with Crippen LogP contribution in [0, 0.1) is 5.92 Å². The van der Waals surface area contributed by atoms with E-state index in [0.29, 0.717) is 22.1 Å². The van der Waals surface area contributed by atoms with Crippen molar-refractivity contribution < 1.29 is 14.6 Å². The number of H-pyrrole nitrogens is 1. The predicted molar refractivity (Wildman–Crippen MR) is 117 cm³/mol. The zero-order chi connectivity index (χ0) is 20.3. The first-order valence-electron chi connectivity index (χ1n) is 9.59. The van der Waals surface area contributed by atoms with Crippen molar-refractivity contribution in [2.45, 2.75) is 46.0 Å². The van der Waals surface area contributed by atoms with E-state index in [1.165, 1.54) is 11.1 Å². The normalized spacial score (nSPS) is 18.5. The van der Waals surface area contributed by atoms with Crippen LogP contribution in [0.4, 0.5) is 0 Å². The Labute approximate surface area is 178 Å². The van der Waals surface area contributed by atoms with Crippen LogP contribution in [0.5, 0.6) is 5.75 Å². The number of hydrogen-bond acceptors (Lipinski definition) is 3. The van der Waals surface area contributed by atoms with Gasteiger partial charge in [-0.2, -0.15) is 0 Å². The number of rotatable bonds is 8. The van der Waals surface area contributed by atoms with E-state index in [-0.39, 0.29) is 19.0 Å². The van der Waals surface area contributed by atoms with Crippen molar-refractivity contribution in [2.75, 3.05) is 6.61 Å². The molecule has 6 heteroatoms. The highest BCUT2D eigenvalue weighted by atomic mass is 79.9. The van der Waals surface area contributed by atoms with Crippen LogP contribution in [-0.4, -0.2) is 22.7 Å². The minimum absolute atomic E-state index is 0.135. The number of aromatic nitrogens is 1. The summed E-state index contributed by atoms with van der Waals surface area (Å²) >= 11 is 9.73. The third kappa shape index (κ3) is 4.88. The van der Waals surface area contributed by atoms with Crippen molar-refractivity contribution in [2.24, 2.45) is 5.92 Å². The van der Waals surface area contributed by atoms with Crippen LogP contribution in [0.2, 0.25) is 5.02 Å². The number of hydrogen-bond donors (Lipinski definition) is 2. The highest BCUT2D eigenvalue weighted by Gasteiger charge is 2.27. The van der Waals surface area contributed by atoms with Crippen LogP contribution >= 0.6 is 27.5 Å². The quantitative estimate of drug-likeness (QED) is 0.353. The Morgan fingerprint density at radius 1 is 1.43 bits per heavy atom. The molecule has 2 aromatic rings. The highest BCUT2D eigenvalue weighted by Crippen LogP contribution is 2.41. The maximum Gasteiger partial charge on any atom is 0.315 e. The molecule has 0 aliphatic heterocycles. The molecule has 1 heterocycles. The standard InChI is InChI=1S/C22H25BrClNO3/c1-3-14(4-6-15(12-26)16-10-13(16)2)5-9-20(27)28-19-11-25-18-8-7-17(23)22(24)21(18)19/h5,7-8,11,13,25-26H,3-4,6,9-10,12H2,1-2H3. The summed E-state index contributed by atoms with van der Waals surface area (Å²) in [5.74, 6) is 0.737. The molecule has 0 saturated heterocycles. The molecule has 1 atom stereocenters. The summed E-state index contributed by atoms with van der Waals surface area (Å²) in [5, 5.41) is 10.8. The van der Waals surface area contributed by atoms with Gasteiger partial charge >= 0.3 is 5.97 Å². The molecule has 150 valence electrons. The summed E-state index contributed by atoms with van der Waals surface area (Å²) in [6, 6.07) is 3.73. The number of allylic oxidation sites excluding steroid dienone is 2. The van der Waals surface area contributed by atoms with Crippen LogP contribution in [0.25, 0.3) is 10.9 Å². The van der Waals surface area contributed by atoms with Gasteiger partial charge in [-0.3, -0.25) is 4.79 Å². The zero-order valence-electron chi connectivity index (χ0n) is 16.1. The zero-order valence-corrected chi connectivity index (χ0v) is 18.5.